The van der Waals surface area contributed by atoms with E-state index in [4.69, 9.17) is 10.7 Å². The molecule has 1 atom stereocenters. The number of hydrogen-bond acceptors (Lipinski definition) is 6. The number of nitrogens with zero attached hydrogens (tertiary/aromatic N) is 4. The van der Waals surface area contributed by atoms with E-state index in [-0.39, 0.29) is 12.5 Å². The first kappa shape index (κ1) is 20.9. The van der Waals surface area contributed by atoms with Crippen molar-refractivity contribution in [1.29, 1.82) is 0 Å². The fourth-order valence-corrected chi connectivity index (χ4v) is 4.24. The molecule has 1 saturated heterocycles. The number of anilines is 2. The van der Waals surface area contributed by atoms with Gasteiger partial charge >= 0.3 is 12.0 Å². The lowest BCUT2D eigenvalue weighted by atomic mass is 10.0. The summed E-state index contributed by atoms with van der Waals surface area (Å²) in [5, 5.41) is 12.7. The number of carboxylic acid groups (broad SMARTS) is 1. The fraction of sp³-hybridized carbons (Fsp3) is 0.455. The number of hydrogen-bond donors (Lipinski definition) is 3. The zero-order chi connectivity index (χ0) is 21.8. The summed E-state index contributed by atoms with van der Waals surface area (Å²) in [4.78, 5) is 36.6. The van der Waals surface area contributed by atoms with Crippen molar-refractivity contribution in [2.75, 3.05) is 37.2 Å². The second-order valence-electron chi connectivity index (χ2n) is 8.04. The normalized spacial score (nSPS) is 16.7. The minimum Gasteiger partial charge on any atom is -0.481 e. The van der Waals surface area contributed by atoms with Gasteiger partial charge in [0.1, 0.15) is 11.6 Å². The smallest absolute Gasteiger partial charge is 0.320 e. The Hall–Kier alpha value is -3.36. The highest BCUT2D eigenvalue weighted by molar-refractivity contribution is 5.78. The maximum absolute atomic E-state index is 13.0. The van der Waals surface area contributed by atoms with Gasteiger partial charge in [0.25, 0.3) is 0 Å². The van der Waals surface area contributed by atoms with E-state index in [0.717, 1.165) is 43.7 Å². The molecule has 0 spiro atoms. The zero-order valence-corrected chi connectivity index (χ0v) is 17.5. The first-order valence-corrected chi connectivity index (χ1v) is 10.7. The van der Waals surface area contributed by atoms with E-state index in [0.29, 0.717) is 31.0 Å². The minimum atomic E-state index is -0.958. The Morgan fingerprint density at radius 1 is 1.26 bits per heavy atom. The number of aromatic nitrogens is 2. The number of nitrogen functional groups attached to an aromatic ring is 1. The van der Waals surface area contributed by atoms with Gasteiger partial charge in [0.05, 0.1) is 12.5 Å². The Morgan fingerprint density at radius 3 is 2.90 bits per heavy atom. The van der Waals surface area contributed by atoms with E-state index in [1.165, 1.54) is 5.56 Å². The molecule has 4 N–H and O–H groups in total. The predicted octanol–water partition coefficient (Wildman–Crippen LogP) is 2.30. The molecular weight excluding hydrogens is 396 g/mol. The lowest BCUT2D eigenvalue weighted by Crippen LogP contribution is -2.36. The maximum Gasteiger partial charge on any atom is 0.320 e. The van der Waals surface area contributed by atoms with E-state index >= 15 is 0 Å². The standard InChI is InChI=1S/C22H28N6O3/c23-19-8-6-16(14-25-19)18(13-20(29)30)28-12-11-27(22(28)31)10-2-4-17-7-5-15-3-1-9-24-21(15)26-17/h5-8,14,18H,1-4,9-13H2,(H2,23,25)(H,24,26)(H,29,30)/t18-/m1/s1. The summed E-state index contributed by atoms with van der Waals surface area (Å²) in [5.41, 5.74) is 8.61. The van der Waals surface area contributed by atoms with Crippen LogP contribution in [0.25, 0.3) is 0 Å². The number of rotatable bonds is 8. The second kappa shape index (κ2) is 9.20. The van der Waals surface area contributed by atoms with Crippen LogP contribution in [0.2, 0.25) is 0 Å². The van der Waals surface area contributed by atoms with Crippen LogP contribution >= 0.6 is 0 Å². The third-order valence-corrected chi connectivity index (χ3v) is 5.88. The fourth-order valence-electron chi connectivity index (χ4n) is 4.24. The topological polar surface area (TPSA) is 125 Å². The number of carbonyl (C=O) groups excluding carboxylic acids is 1. The molecule has 2 amide bonds. The number of urea groups is 1. The van der Waals surface area contributed by atoms with Crippen molar-refractivity contribution in [3.05, 3.63) is 47.3 Å². The van der Waals surface area contributed by atoms with Crippen molar-refractivity contribution in [3.63, 3.8) is 0 Å². The summed E-state index contributed by atoms with van der Waals surface area (Å²) >= 11 is 0. The van der Waals surface area contributed by atoms with Crippen LogP contribution in [0.5, 0.6) is 0 Å². The minimum absolute atomic E-state index is 0.136. The van der Waals surface area contributed by atoms with Gasteiger partial charge in [-0.15, -0.1) is 0 Å². The number of fused-ring (bicyclic) bond motifs is 1. The molecule has 4 heterocycles. The molecule has 0 aliphatic carbocycles. The monoisotopic (exact) mass is 424 g/mol. The number of pyridine rings is 2. The van der Waals surface area contributed by atoms with E-state index in [1.54, 1.807) is 28.1 Å². The highest BCUT2D eigenvalue weighted by Crippen LogP contribution is 2.28. The summed E-state index contributed by atoms with van der Waals surface area (Å²) in [6.07, 6.45) is 5.18. The molecule has 2 aromatic heterocycles. The Morgan fingerprint density at radius 2 is 2.13 bits per heavy atom. The van der Waals surface area contributed by atoms with Crippen LogP contribution in [-0.4, -0.2) is 63.1 Å². The van der Waals surface area contributed by atoms with Gasteiger partial charge in [-0.05, 0) is 48.9 Å². The van der Waals surface area contributed by atoms with Crippen molar-refractivity contribution < 1.29 is 14.7 Å². The Kier molecular flexibility index (Phi) is 6.20. The van der Waals surface area contributed by atoms with Crippen LogP contribution in [0.15, 0.2) is 30.5 Å². The van der Waals surface area contributed by atoms with Crippen molar-refractivity contribution in [2.24, 2.45) is 0 Å². The summed E-state index contributed by atoms with van der Waals surface area (Å²) < 4.78 is 0. The molecule has 1 fully saturated rings. The number of carboxylic acids is 1. The molecule has 31 heavy (non-hydrogen) atoms. The molecule has 4 rings (SSSR count). The Labute approximate surface area is 181 Å². The Balaban J connectivity index is 1.36. The molecule has 9 heteroatoms. The van der Waals surface area contributed by atoms with Crippen LogP contribution in [0.1, 0.15) is 42.1 Å². The average Bonchev–Trinajstić information content (AvgIpc) is 3.13. The van der Waals surface area contributed by atoms with Crippen LogP contribution in [0.4, 0.5) is 16.4 Å². The molecule has 2 aliphatic rings. The second-order valence-corrected chi connectivity index (χ2v) is 8.04. The first-order valence-electron chi connectivity index (χ1n) is 10.7. The zero-order valence-electron chi connectivity index (χ0n) is 17.5. The van der Waals surface area contributed by atoms with Crippen molar-refractivity contribution in [2.45, 2.75) is 38.1 Å². The third kappa shape index (κ3) is 4.87. The quantitative estimate of drug-likeness (QED) is 0.594. The van der Waals surface area contributed by atoms with Gasteiger partial charge in [0, 0.05) is 38.1 Å². The molecular formula is C22H28N6O3. The average molecular weight is 425 g/mol. The molecule has 2 aliphatic heterocycles. The van der Waals surface area contributed by atoms with Crippen molar-refractivity contribution in [1.82, 2.24) is 19.8 Å². The number of nitrogens with one attached hydrogen (secondary N) is 1. The molecule has 0 bridgehead atoms. The number of carbonyl (C=O) groups is 2. The summed E-state index contributed by atoms with van der Waals surface area (Å²) in [5.74, 6) is 0.388. The van der Waals surface area contributed by atoms with Crippen LogP contribution < -0.4 is 11.1 Å². The lowest BCUT2D eigenvalue weighted by molar-refractivity contribution is -0.138. The number of amides is 2. The summed E-state index contributed by atoms with van der Waals surface area (Å²) in [6, 6.07) is 6.88. The number of nitrogens with two attached hydrogens (primary N) is 1. The third-order valence-electron chi connectivity index (χ3n) is 5.88. The lowest BCUT2D eigenvalue weighted by Gasteiger charge is -2.27. The van der Waals surface area contributed by atoms with Gasteiger partial charge in [-0.3, -0.25) is 4.79 Å². The van der Waals surface area contributed by atoms with Crippen LogP contribution in [0, 0.1) is 0 Å². The van der Waals surface area contributed by atoms with Gasteiger partial charge in [-0.25, -0.2) is 14.8 Å². The summed E-state index contributed by atoms with van der Waals surface area (Å²) in [6.45, 7) is 2.64. The van der Waals surface area contributed by atoms with E-state index in [9.17, 15) is 14.7 Å². The molecule has 0 saturated carbocycles. The highest BCUT2D eigenvalue weighted by atomic mass is 16.4. The molecule has 0 aromatic carbocycles. The van der Waals surface area contributed by atoms with Gasteiger partial charge < -0.3 is 26.0 Å². The van der Waals surface area contributed by atoms with Crippen LogP contribution in [-0.2, 0) is 17.6 Å². The number of aliphatic carboxylic acids is 1. The predicted molar refractivity (Wildman–Crippen MR) is 117 cm³/mol. The molecule has 0 unspecified atom stereocenters. The first-order chi connectivity index (χ1) is 15.0. The van der Waals surface area contributed by atoms with Gasteiger partial charge in [-0.2, -0.15) is 0 Å². The van der Waals surface area contributed by atoms with Gasteiger partial charge in [0.2, 0.25) is 0 Å². The van der Waals surface area contributed by atoms with Crippen LogP contribution in [0.3, 0.4) is 0 Å². The van der Waals surface area contributed by atoms with E-state index in [2.05, 4.69) is 22.4 Å². The summed E-state index contributed by atoms with van der Waals surface area (Å²) in [7, 11) is 0. The van der Waals surface area contributed by atoms with Gasteiger partial charge in [-0.1, -0.05) is 12.1 Å². The Bertz CT molecular complexity index is 949. The molecule has 164 valence electrons. The van der Waals surface area contributed by atoms with E-state index < -0.39 is 12.0 Å². The van der Waals surface area contributed by atoms with Crippen molar-refractivity contribution in [3.8, 4) is 0 Å². The maximum atomic E-state index is 13.0. The molecule has 0 radical (unpaired) electrons. The largest absolute Gasteiger partial charge is 0.481 e. The van der Waals surface area contributed by atoms with E-state index in [1.807, 2.05) is 0 Å². The molecule has 2 aromatic rings. The van der Waals surface area contributed by atoms with Crippen molar-refractivity contribution >= 4 is 23.6 Å². The highest BCUT2D eigenvalue weighted by Gasteiger charge is 2.35. The number of aryl methyl sites for hydroxylation is 2. The SMILES string of the molecule is Nc1ccc([C@@H](CC(=O)O)N2CCN(CCCc3ccc4c(n3)NCCC4)C2=O)cn1. The molecule has 9 nitrogen and oxygen atoms in total. The van der Waals surface area contributed by atoms with Gasteiger partial charge in [0.15, 0.2) is 0 Å².